The molecular formula is C22H27N3O3. The zero-order valence-corrected chi connectivity index (χ0v) is 16.3. The highest BCUT2D eigenvalue weighted by Gasteiger charge is 2.22. The van der Waals surface area contributed by atoms with Crippen molar-refractivity contribution in [3.63, 3.8) is 0 Å². The summed E-state index contributed by atoms with van der Waals surface area (Å²) in [7, 11) is 1.61. The summed E-state index contributed by atoms with van der Waals surface area (Å²) >= 11 is 0. The molecule has 3 rings (SSSR count). The van der Waals surface area contributed by atoms with Crippen molar-refractivity contribution in [3.8, 4) is 5.75 Å². The molecule has 1 saturated heterocycles. The lowest BCUT2D eigenvalue weighted by atomic mass is 10.2. The molecule has 0 spiro atoms. The van der Waals surface area contributed by atoms with E-state index in [2.05, 4.69) is 22.3 Å². The van der Waals surface area contributed by atoms with Gasteiger partial charge in [-0.25, -0.2) is 0 Å². The van der Waals surface area contributed by atoms with Crippen LogP contribution in [-0.2, 0) is 22.7 Å². The number of ether oxygens (including phenoxy) is 1. The van der Waals surface area contributed by atoms with Crippen LogP contribution in [0.25, 0.3) is 0 Å². The van der Waals surface area contributed by atoms with Crippen LogP contribution in [0, 0.1) is 0 Å². The van der Waals surface area contributed by atoms with E-state index in [4.69, 9.17) is 4.74 Å². The lowest BCUT2D eigenvalue weighted by Gasteiger charge is -2.34. The molecule has 2 amide bonds. The van der Waals surface area contributed by atoms with Gasteiger partial charge in [-0.3, -0.25) is 14.5 Å². The van der Waals surface area contributed by atoms with Gasteiger partial charge >= 0.3 is 0 Å². The Labute approximate surface area is 166 Å². The Morgan fingerprint density at radius 1 is 0.929 bits per heavy atom. The molecule has 0 bridgehead atoms. The van der Waals surface area contributed by atoms with Crippen molar-refractivity contribution in [2.24, 2.45) is 0 Å². The average Bonchev–Trinajstić information content (AvgIpc) is 2.74. The van der Waals surface area contributed by atoms with Crippen molar-refractivity contribution in [2.75, 3.05) is 33.3 Å². The minimum Gasteiger partial charge on any atom is -0.497 e. The third-order valence-electron chi connectivity index (χ3n) is 4.93. The van der Waals surface area contributed by atoms with Crippen LogP contribution in [0.3, 0.4) is 0 Å². The third kappa shape index (κ3) is 5.82. The monoisotopic (exact) mass is 381 g/mol. The number of benzene rings is 2. The standard InChI is InChI=1S/C22H27N3O3/c1-28-20-9-7-18(8-10-20)16-23-21(26)15-22(27)25-13-11-24(12-14-25)17-19-5-3-2-4-6-19/h2-10H,11-17H2,1H3,(H,23,26). The second-order valence-corrected chi connectivity index (χ2v) is 6.94. The molecule has 1 aliphatic rings. The largest absolute Gasteiger partial charge is 0.497 e. The van der Waals surface area contributed by atoms with Gasteiger partial charge in [-0.05, 0) is 23.3 Å². The Kier molecular flexibility index (Phi) is 7.03. The summed E-state index contributed by atoms with van der Waals surface area (Å²) in [6.07, 6.45) is -0.102. The zero-order chi connectivity index (χ0) is 19.8. The first-order valence-electron chi connectivity index (χ1n) is 9.58. The lowest BCUT2D eigenvalue weighted by Crippen LogP contribution is -2.49. The molecule has 0 aromatic heterocycles. The number of carbonyl (C=O) groups is 2. The molecule has 2 aromatic rings. The fourth-order valence-corrected chi connectivity index (χ4v) is 3.25. The summed E-state index contributed by atoms with van der Waals surface area (Å²) in [5, 5.41) is 2.81. The first-order chi connectivity index (χ1) is 13.6. The maximum absolute atomic E-state index is 12.4. The fraction of sp³-hybridized carbons (Fsp3) is 0.364. The number of nitrogens with zero attached hydrogens (tertiary/aromatic N) is 2. The van der Waals surface area contributed by atoms with Crippen molar-refractivity contribution in [1.29, 1.82) is 0 Å². The normalized spacial score (nSPS) is 14.5. The molecule has 0 unspecified atom stereocenters. The van der Waals surface area contributed by atoms with E-state index in [1.54, 1.807) is 12.0 Å². The van der Waals surface area contributed by atoms with Crippen molar-refractivity contribution in [1.82, 2.24) is 15.1 Å². The van der Waals surface area contributed by atoms with E-state index in [9.17, 15) is 9.59 Å². The van der Waals surface area contributed by atoms with E-state index < -0.39 is 0 Å². The van der Waals surface area contributed by atoms with Crippen LogP contribution in [0.5, 0.6) is 5.75 Å². The van der Waals surface area contributed by atoms with Gasteiger partial charge in [0.1, 0.15) is 12.2 Å². The van der Waals surface area contributed by atoms with E-state index in [0.717, 1.165) is 30.9 Å². The summed E-state index contributed by atoms with van der Waals surface area (Å²) in [6.45, 7) is 4.28. The summed E-state index contributed by atoms with van der Waals surface area (Å²) in [5.41, 5.74) is 2.25. The van der Waals surface area contributed by atoms with Crippen LogP contribution < -0.4 is 10.1 Å². The number of piperazine rings is 1. The van der Waals surface area contributed by atoms with Crippen LogP contribution in [0.4, 0.5) is 0 Å². The van der Waals surface area contributed by atoms with Gasteiger partial charge in [0.05, 0.1) is 7.11 Å². The van der Waals surface area contributed by atoms with Crippen LogP contribution in [0.2, 0.25) is 0 Å². The summed E-state index contributed by atoms with van der Waals surface area (Å²) in [5.74, 6) is 0.427. The number of nitrogens with one attached hydrogen (secondary N) is 1. The van der Waals surface area contributed by atoms with Crippen LogP contribution in [-0.4, -0.2) is 54.9 Å². The van der Waals surface area contributed by atoms with Gasteiger partial charge in [0, 0.05) is 39.3 Å². The molecule has 0 aliphatic carbocycles. The number of hydrogen-bond donors (Lipinski definition) is 1. The van der Waals surface area contributed by atoms with E-state index in [0.29, 0.717) is 19.6 Å². The molecule has 0 radical (unpaired) electrons. The number of methoxy groups -OCH3 is 1. The van der Waals surface area contributed by atoms with Crippen LogP contribution in [0.1, 0.15) is 17.5 Å². The maximum Gasteiger partial charge on any atom is 0.232 e. The second-order valence-electron chi connectivity index (χ2n) is 6.94. The first-order valence-corrected chi connectivity index (χ1v) is 9.58. The van der Waals surface area contributed by atoms with E-state index >= 15 is 0 Å². The summed E-state index contributed by atoms with van der Waals surface area (Å²) in [6, 6.07) is 17.8. The Bertz CT molecular complexity index is 769. The number of amides is 2. The highest BCUT2D eigenvalue weighted by atomic mass is 16.5. The van der Waals surface area contributed by atoms with E-state index in [-0.39, 0.29) is 18.2 Å². The molecule has 1 heterocycles. The van der Waals surface area contributed by atoms with E-state index in [1.807, 2.05) is 42.5 Å². The Balaban J connectivity index is 1.38. The fourth-order valence-electron chi connectivity index (χ4n) is 3.25. The van der Waals surface area contributed by atoms with Crippen molar-refractivity contribution < 1.29 is 14.3 Å². The molecule has 148 valence electrons. The lowest BCUT2D eigenvalue weighted by molar-refractivity contribution is -0.137. The predicted octanol–water partition coefficient (Wildman–Crippen LogP) is 2.05. The van der Waals surface area contributed by atoms with Gasteiger partial charge in [0.15, 0.2) is 0 Å². The number of hydrogen-bond acceptors (Lipinski definition) is 4. The summed E-state index contributed by atoms with van der Waals surface area (Å²) in [4.78, 5) is 28.6. The highest BCUT2D eigenvalue weighted by Crippen LogP contribution is 2.11. The highest BCUT2D eigenvalue weighted by molar-refractivity contribution is 5.96. The number of carbonyl (C=O) groups excluding carboxylic acids is 2. The number of rotatable bonds is 7. The molecular weight excluding hydrogens is 354 g/mol. The van der Waals surface area contributed by atoms with Crippen LogP contribution in [0.15, 0.2) is 54.6 Å². The SMILES string of the molecule is COc1ccc(CNC(=O)CC(=O)N2CCN(Cc3ccccc3)CC2)cc1. The van der Waals surface area contributed by atoms with Gasteiger partial charge in [-0.1, -0.05) is 42.5 Å². The molecule has 6 nitrogen and oxygen atoms in total. The molecule has 2 aromatic carbocycles. The average molecular weight is 381 g/mol. The second kappa shape index (κ2) is 9.90. The smallest absolute Gasteiger partial charge is 0.232 e. The van der Waals surface area contributed by atoms with Gasteiger partial charge in [-0.15, -0.1) is 0 Å². The van der Waals surface area contributed by atoms with Gasteiger partial charge < -0.3 is 15.0 Å². The maximum atomic E-state index is 12.4. The predicted molar refractivity (Wildman–Crippen MR) is 108 cm³/mol. The third-order valence-corrected chi connectivity index (χ3v) is 4.93. The molecule has 1 N–H and O–H groups in total. The first kappa shape index (κ1) is 19.9. The molecule has 1 fully saturated rings. The van der Waals surface area contributed by atoms with Gasteiger partial charge in [0.25, 0.3) is 0 Å². The topological polar surface area (TPSA) is 61.9 Å². The van der Waals surface area contributed by atoms with Crippen LogP contribution >= 0.6 is 0 Å². The van der Waals surface area contributed by atoms with Crippen molar-refractivity contribution in [2.45, 2.75) is 19.5 Å². The molecule has 6 heteroatoms. The quantitative estimate of drug-likeness (QED) is 0.746. The Morgan fingerprint density at radius 3 is 2.25 bits per heavy atom. The minimum absolute atomic E-state index is 0.102. The van der Waals surface area contributed by atoms with Crippen molar-refractivity contribution >= 4 is 11.8 Å². The molecule has 28 heavy (non-hydrogen) atoms. The molecule has 1 aliphatic heterocycles. The summed E-state index contributed by atoms with van der Waals surface area (Å²) < 4.78 is 5.11. The molecule has 0 saturated carbocycles. The van der Waals surface area contributed by atoms with Gasteiger partial charge in [-0.2, -0.15) is 0 Å². The Morgan fingerprint density at radius 2 is 1.61 bits per heavy atom. The van der Waals surface area contributed by atoms with E-state index in [1.165, 1.54) is 5.56 Å². The van der Waals surface area contributed by atoms with Crippen molar-refractivity contribution in [3.05, 3.63) is 65.7 Å². The zero-order valence-electron chi connectivity index (χ0n) is 16.3. The Hall–Kier alpha value is -2.86. The molecule has 0 atom stereocenters. The van der Waals surface area contributed by atoms with Gasteiger partial charge in [0.2, 0.25) is 11.8 Å². The minimum atomic E-state index is -0.243.